The molecule has 4 N–H and O–H groups in total. The van der Waals surface area contributed by atoms with Gasteiger partial charge in [0, 0.05) is 12.1 Å². The highest BCUT2D eigenvalue weighted by molar-refractivity contribution is 5.98. The molecule has 1 unspecified atom stereocenters. The van der Waals surface area contributed by atoms with E-state index < -0.39 is 47.8 Å². The highest BCUT2D eigenvalue weighted by Crippen LogP contribution is 2.30. The van der Waals surface area contributed by atoms with Gasteiger partial charge < -0.3 is 19.9 Å². The van der Waals surface area contributed by atoms with Crippen LogP contribution in [0.1, 0.15) is 17.4 Å². The number of nitrogens with zero attached hydrogens (tertiary/aromatic N) is 1. The minimum absolute atomic E-state index is 0.179. The summed E-state index contributed by atoms with van der Waals surface area (Å²) in [5.74, 6) is -5.20. The van der Waals surface area contributed by atoms with Crippen LogP contribution in [-0.4, -0.2) is 48.6 Å². The molecule has 0 bridgehead atoms. The first-order valence-corrected chi connectivity index (χ1v) is 8.16. The lowest BCUT2D eigenvalue weighted by Gasteiger charge is -2.18. The van der Waals surface area contributed by atoms with Crippen molar-refractivity contribution in [3.8, 4) is 0 Å². The molecule has 0 aliphatic carbocycles. The Hall–Kier alpha value is -2.40. The number of halogens is 3. The fraction of sp³-hybridized carbons (Fsp3) is 0.353. The summed E-state index contributed by atoms with van der Waals surface area (Å²) in [5.41, 5.74) is 1.41. The Morgan fingerprint density at radius 1 is 1.26 bits per heavy atom. The first-order valence-electron chi connectivity index (χ1n) is 8.16. The van der Waals surface area contributed by atoms with Crippen LogP contribution in [0.2, 0.25) is 0 Å². The molecule has 0 saturated carbocycles. The fourth-order valence-corrected chi connectivity index (χ4v) is 2.76. The van der Waals surface area contributed by atoms with Gasteiger partial charge in [-0.2, -0.15) is 0 Å². The number of nitrogens with one attached hydrogen (secondary N) is 2. The zero-order valence-corrected chi connectivity index (χ0v) is 14.1. The van der Waals surface area contributed by atoms with Gasteiger partial charge in [-0.3, -0.25) is 15.7 Å². The molecule has 0 amide bonds. The summed E-state index contributed by atoms with van der Waals surface area (Å²) in [6.07, 6.45) is 3.84. The minimum atomic E-state index is -1.74. The largest absolute Gasteiger partial charge is 0.394 e. The SMILES string of the molecule is OCC(N=C(NO)c1cc(C2OCCO2)c(F)c(F)c1F)C1=CCNC=C1. The molecule has 0 spiro atoms. The van der Waals surface area contributed by atoms with Gasteiger partial charge in [0.05, 0.1) is 25.4 Å². The Kier molecular flexibility index (Phi) is 6.11. The molecule has 1 aromatic rings. The van der Waals surface area contributed by atoms with Crippen molar-refractivity contribution in [3.05, 3.63) is 58.6 Å². The lowest BCUT2D eigenvalue weighted by Crippen LogP contribution is -2.28. The van der Waals surface area contributed by atoms with E-state index in [2.05, 4.69) is 10.3 Å². The molecule has 146 valence electrons. The fourth-order valence-electron chi connectivity index (χ4n) is 2.76. The first-order chi connectivity index (χ1) is 13.1. The van der Waals surface area contributed by atoms with Crippen molar-refractivity contribution in [3.63, 3.8) is 0 Å². The third-order valence-corrected chi connectivity index (χ3v) is 4.10. The zero-order valence-electron chi connectivity index (χ0n) is 14.1. The number of benzene rings is 1. The number of aliphatic imine (C=N–C) groups is 1. The average molecular weight is 385 g/mol. The normalized spacial score (nSPS) is 19.0. The zero-order chi connectivity index (χ0) is 19.4. The Labute approximate surface area is 152 Å². The van der Waals surface area contributed by atoms with Crippen LogP contribution in [-0.2, 0) is 9.47 Å². The number of dihydropyridines is 1. The summed E-state index contributed by atoms with van der Waals surface area (Å²) in [6, 6.07) is 0.0975. The standard InChI is InChI=1S/C17H18F3N3O4/c18-13-10(7-11(14(19)15(13)20)17-26-5-6-27-17)16(23-25)22-12(8-24)9-1-3-21-4-2-9/h1-3,7,12,17,21,24-25H,4-6,8H2,(H,22,23). The van der Waals surface area contributed by atoms with Crippen LogP contribution in [0.25, 0.3) is 0 Å². The number of aliphatic hydroxyl groups excluding tert-OH is 1. The van der Waals surface area contributed by atoms with Crippen molar-refractivity contribution < 1.29 is 33.0 Å². The second-order valence-corrected chi connectivity index (χ2v) is 5.76. The summed E-state index contributed by atoms with van der Waals surface area (Å²) in [5, 5.41) is 21.9. The van der Waals surface area contributed by atoms with E-state index in [9.17, 15) is 23.5 Å². The predicted octanol–water partition coefficient (Wildman–Crippen LogP) is 1.28. The number of hydroxylamine groups is 1. The molecular formula is C17H18F3N3O4. The van der Waals surface area contributed by atoms with Crippen LogP contribution in [0.15, 0.2) is 35.0 Å². The van der Waals surface area contributed by atoms with E-state index in [1.165, 1.54) is 0 Å². The Morgan fingerprint density at radius 3 is 2.59 bits per heavy atom. The number of rotatable bonds is 5. The maximum absolute atomic E-state index is 14.3. The van der Waals surface area contributed by atoms with Crippen molar-refractivity contribution >= 4 is 5.84 Å². The van der Waals surface area contributed by atoms with Crippen LogP contribution in [0, 0.1) is 17.5 Å². The average Bonchev–Trinajstić information content (AvgIpc) is 3.23. The number of hydrogen-bond acceptors (Lipinski definition) is 6. The molecule has 3 rings (SSSR count). The summed E-state index contributed by atoms with van der Waals surface area (Å²) in [4.78, 5) is 4.05. The van der Waals surface area contributed by atoms with Gasteiger partial charge in [-0.1, -0.05) is 6.08 Å². The van der Waals surface area contributed by atoms with Gasteiger partial charge in [0.1, 0.15) is 6.04 Å². The molecule has 2 aliphatic heterocycles. The molecule has 10 heteroatoms. The predicted molar refractivity (Wildman–Crippen MR) is 88.5 cm³/mol. The van der Waals surface area contributed by atoms with Gasteiger partial charge in [-0.05, 0) is 23.9 Å². The highest BCUT2D eigenvalue weighted by Gasteiger charge is 2.29. The van der Waals surface area contributed by atoms with E-state index in [0.717, 1.165) is 6.07 Å². The topological polar surface area (TPSA) is 95.3 Å². The molecule has 2 aliphatic rings. The van der Waals surface area contributed by atoms with E-state index in [0.29, 0.717) is 12.1 Å². The van der Waals surface area contributed by atoms with E-state index in [1.807, 2.05) is 0 Å². The Balaban J connectivity index is 2.03. The number of ether oxygens (including phenoxy) is 2. The summed E-state index contributed by atoms with van der Waals surface area (Å²) >= 11 is 0. The van der Waals surface area contributed by atoms with Crippen LogP contribution in [0.3, 0.4) is 0 Å². The van der Waals surface area contributed by atoms with Gasteiger partial charge in [-0.15, -0.1) is 0 Å². The van der Waals surface area contributed by atoms with E-state index >= 15 is 0 Å². The monoisotopic (exact) mass is 385 g/mol. The maximum atomic E-state index is 14.3. The first kappa shape index (κ1) is 19.4. The maximum Gasteiger partial charge on any atom is 0.195 e. The van der Waals surface area contributed by atoms with Gasteiger partial charge in [0.25, 0.3) is 0 Å². The highest BCUT2D eigenvalue weighted by atomic mass is 19.2. The third-order valence-electron chi connectivity index (χ3n) is 4.10. The van der Waals surface area contributed by atoms with Crippen LogP contribution in [0.5, 0.6) is 0 Å². The van der Waals surface area contributed by atoms with Crippen molar-refractivity contribution in [2.45, 2.75) is 12.3 Å². The second-order valence-electron chi connectivity index (χ2n) is 5.76. The number of amidine groups is 1. The van der Waals surface area contributed by atoms with E-state index in [4.69, 9.17) is 9.47 Å². The molecule has 7 nitrogen and oxygen atoms in total. The van der Waals surface area contributed by atoms with Crippen molar-refractivity contribution in [1.29, 1.82) is 0 Å². The van der Waals surface area contributed by atoms with Gasteiger partial charge in [0.15, 0.2) is 29.6 Å². The van der Waals surface area contributed by atoms with Crippen LogP contribution in [0.4, 0.5) is 13.2 Å². The van der Waals surface area contributed by atoms with Crippen LogP contribution < -0.4 is 10.8 Å². The molecule has 1 aromatic carbocycles. The van der Waals surface area contributed by atoms with E-state index in [1.54, 1.807) is 23.8 Å². The Morgan fingerprint density at radius 2 is 2.00 bits per heavy atom. The number of hydrogen-bond donors (Lipinski definition) is 4. The van der Waals surface area contributed by atoms with Gasteiger partial charge in [-0.25, -0.2) is 13.2 Å². The second kappa shape index (κ2) is 8.53. The van der Waals surface area contributed by atoms with Gasteiger partial charge >= 0.3 is 0 Å². The third kappa shape index (κ3) is 3.98. The summed E-state index contributed by atoms with van der Waals surface area (Å²) < 4.78 is 52.8. The number of aliphatic hydroxyl groups is 1. The lowest BCUT2D eigenvalue weighted by molar-refractivity contribution is -0.0469. The molecule has 1 saturated heterocycles. The van der Waals surface area contributed by atoms with Crippen LogP contribution >= 0.6 is 0 Å². The molecule has 1 fully saturated rings. The smallest absolute Gasteiger partial charge is 0.195 e. The quantitative estimate of drug-likeness (QED) is 0.264. The molecular weight excluding hydrogens is 367 g/mol. The van der Waals surface area contributed by atoms with Crippen molar-refractivity contribution in [2.75, 3.05) is 26.4 Å². The molecule has 0 radical (unpaired) electrons. The van der Waals surface area contributed by atoms with E-state index in [-0.39, 0.29) is 18.8 Å². The van der Waals surface area contributed by atoms with Crippen molar-refractivity contribution in [2.24, 2.45) is 4.99 Å². The Bertz CT molecular complexity index is 792. The molecule has 2 heterocycles. The summed E-state index contributed by atoms with van der Waals surface area (Å²) in [6.45, 7) is 0.408. The minimum Gasteiger partial charge on any atom is -0.394 e. The lowest BCUT2D eigenvalue weighted by atomic mass is 10.0. The summed E-state index contributed by atoms with van der Waals surface area (Å²) in [7, 11) is 0. The van der Waals surface area contributed by atoms with Gasteiger partial charge in [0.2, 0.25) is 0 Å². The molecule has 0 aromatic heterocycles. The van der Waals surface area contributed by atoms with Crippen molar-refractivity contribution in [1.82, 2.24) is 10.8 Å². The molecule has 27 heavy (non-hydrogen) atoms. The molecule has 1 atom stereocenters.